The first kappa shape index (κ1) is 43.7. The lowest BCUT2D eigenvalue weighted by molar-refractivity contribution is 0.589. The van der Waals surface area contributed by atoms with Gasteiger partial charge in [0.2, 0.25) is 0 Å². The highest BCUT2D eigenvalue weighted by atomic mass is 14.9. The van der Waals surface area contributed by atoms with Gasteiger partial charge in [-0.25, -0.2) is 4.98 Å². The summed E-state index contributed by atoms with van der Waals surface area (Å²) in [5, 5.41) is 0. The fourth-order valence-electron chi connectivity index (χ4n) is 7.15. The molecule has 2 heterocycles. The maximum atomic E-state index is 5.41. The molecule has 0 saturated heterocycles. The third-order valence-electron chi connectivity index (χ3n) is 10.5. The summed E-state index contributed by atoms with van der Waals surface area (Å²) in [5.74, 6) is 0. The maximum absolute atomic E-state index is 5.41. The van der Waals surface area contributed by atoms with Gasteiger partial charge in [0.25, 0.3) is 0 Å². The van der Waals surface area contributed by atoms with Crippen LogP contribution >= 0.6 is 0 Å². The van der Waals surface area contributed by atoms with Crippen LogP contribution in [0.25, 0.3) is 39.2 Å². The van der Waals surface area contributed by atoms with Gasteiger partial charge in [0.15, 0.2) is 0 Å². The van der Waals surface area contributed by atoms with Crippen molar-refractivity contribution in [2.24, 2.45) is 7.05 Å². The van der Waals surface area contributed by atoms with Gasteiger partial charge in [-0.05, 0) is 149 Å². The van der Waals surface area contributed by atoms with Crippen LogP contribution in [0.1, 0.15) is 134 Å². The van der Waals surface area contributed by atoms with Crippen molar-refractivity contribution < 1.29 is 0 Å². The zero-order chi connectivity index (χ0) is 40.5. The number of hydrogen-bond acceptors (Lipinski definition) is 1. The van der Waals surface area contributed by atoms with Gasteiger partial charge < -0.3 is 4.57 Å². The van der Waals surface area contributed by atoms with E-state index in [0.717, 1.165) is 36.2 Å². The van der Waals surface area contributed by atoms with Crippen molar-refractivity contribution in [2.45, 2.75) is 120 Å². The summed E-state index contributed by atoms with van der Waals surface area (Å²) >= 11 is 0. The van der Waals surface area contributed by atoms with E-state index in [2.05, 4.69) is 193 Å². The van der Waals surface area contributed by atoms with Crippen molar-refractivity contribution in [1.82, 2.24) is 9.55 Å². The number of rotatable bonds is 7. The molecule has 1 aliphatic rings. The summed E-state index contributed by atoms with van der Waals surface area (Å²) in [6, 6.07) is 18.4. The molecule has 0 N–H and O–H groups in total. The molecule has 0 saturated carbocycles. The molecule has 0 amide bonds. The van der Waals surface area contributed by atoms with Crippen molar-refractivity contribution in [3.8, 4) is 22.5 Å². The Bertz CT molecular complexity index is 2070. The van der Waals surface area contributed by atoms with E-state index in [1.807, 2.05) is 13.8 Å². The van der Waals surface area contributed by atoms with Crippen LogP contribution in [0, 0.1) is 6.92 Å². The number of benzene rings is 2. The Kier molecular flexibility index (Phi) is 15.0. The summed E-state index contributed by atoms with van der Waals surface area (Å²) in [6.45, 7) is 39.5. The minimum atomic E-state index is 0.00585. The lowest BCUT2D eigenvalue weighted by Gasteiger charge is -2.25. The van der Waals surface area contributed by atoms with E-state index in [0.29, 0.717) is 0 Å². The highest BCUT2D eigenvalue weighted by molar-refractivity contribution is 5.84. The Morgan fingerprint density at radius 2 is 1.41 bits per heavy atom. The molecule has 54 heavy (non-hydrogen) atoms. The van der Waals surface area contributed by atoms with Crippen LogP contribution in [0.4, 0.5) is 0 Å². The minimum Gasteiger partial charge on any atom is -0.351 e. The molecule has 0 aliphatic heterocycles. The normalized spacial score (nSPS) is 14.4. The zero-order valence-electron chi connectivity index (χ0n) is 36.2. The van der Waals surface area contributed by atoms with E-state index >= 15 is 0 Å². The molecule has 0 unspecified atom stereocenters. The standard InChI is InChI=1S/C48H58N2.C2H6.C2H4/c1-14-16-18-31(3)40-27-37(47(7,8)9)28-41(34(40)6)32(4)20-21-35-22-23-36-24-25-44(49-46(36)33(35)5)42-29-38(48(10,11)12)30-43(39(42)15-2)45-19-17-26-50(45)13;2*1-2/h14,16-21,24-30H,5,15,22-23H2,1-4,6-13H3;1-2H3;1-2H2/b16-14-,31-18+,32-20+,35-21-;;. The quantitative estimate of drug-likeness (QED) is 0.137. The Balaban J connectivity index is 0.00000190. The first-order chi connectivity index (χ1) is 25.5. The van der Waals surface area contributed by atoms with Gasteiger partial charge >= 0.3 is 0 Å². The van der Waals surface area contributed by atoms with Crippen LogP contribution in [0.15, 0.2) is 110 Å². The maximum Gasteiger partial charge on any atom is 0.0738 e. The van der Waals surface area contributed by atoms with Crippen LogP contribution in [0.5, 0.6) is 0 Å². The Hall–Kier alpha value is -4.69. The van der Waals surface area contributed by atoms with Crippen molar-refractivity contribution >= 4 is 16.7 Å². The van der Waals surface area contributed by atoms with E-state index in [1.165, 1.54) is 72.5 Å². The number of nitrogens with zero attached hydrogens (tertiary/aromatic N) is 2. The Labute approximate surface area is 329 Å². The number of allylic oxidation sites excluding steroid dienone is 9. The molecule has 0 spiro atoms. The van der Waals surface area contributed by atoms with Crippen molar-refractivity contribution in [3.05, 3.63) is 155 Å². The first-order valence-corrected chi connectivity index (χ1v) is 19.9. The molecule has 0 radical (unpaired) electrons. The topological polar surface area (TPSA) is 17.8 Å². The molecule has 2 aromatic heterocycles. The molecule has 5 rings (SSSR count). The molecule has 1 aliphatic carbocycles. The number of fused-ring (bicyclic) bond motifs is 1. The lowest BCUT2D eigenvalue weighted by Crippen LogP contribution is -2.13. The first-order valence-electron chi connectivity index (χ1n) is 19.9. The van der Waals surface area contributed by atoms with E-state index < -0.39 is 0 Å². The van der Waals surface area contributed by atoms with E-state index in [-0.39, 0.29) is 10.8 Å². The molecule has 2 aromatic carbocycles. The van der Waals surface area contributed by atoms with Gasteiger partial charge in [-0.3, -0.25) is 0 Å². The minimum absolute atomic E-state index is 0.00585. The van der Waals surface area contributed by atoms with Gasteiger partial charge in [-0.1, -0.05) is 117 Å². The predicted molar refractivity (Wildman–Crippen MR) is 242 cm³/mol. The second-order valence-electron chi connectivity index (χ2n) is 16.2. The van der Waals surface area contributed by atoms with Gasteiger partial charge in [0.1, 0.15) is 0 Å². The largest absolute Gasteiger partial charge is 0.351 e. The summed E-state index contributed by atoms with van der Waals surface area (Å²) in [4.78, 5) is 5.41. The summed E-state index contributed by atoms with van der Waals surface area (Å²) in [5.41, 5.74) is 20.0. The van der Waals surface area contributed by atoms with Crippen LogP contribution in [-0.2, 0) is 30.7 Å². The second-order valence-corrected chi connectivity index (χ2v) is 16.2. The summed E-state index contributed by atoms with van der Waals surface area (Å²) < 4.78 is 2.22. The van der Waals surface area contributed by atoms with Crippen molar-refractivity contribution in [2.75, 3.05) is 0 Å². The monoisotopic (exact) mass is 721 g/mol. The molecule has 0 fully saturated rings. The average Bonchev–Trinajstić information content (AvgIpc) is 3.58. The molecule has 2 heteroatoms. The van der Waals surface area contributed by atoms with Crippen molar-refractivity contribution in [1.29, 1.82) is 0 Å². The third kappa shape index (κ3) is 9.69. The number of aromatic nitrogens is 2. The van der Waals surface area contributed by atoms with Crippen molar-refractivity contribution in [3.63, 3.8) is 0 Å². The highest BCUT2D eigenvalue weighted by Gasteiger charge is 2.24. The summed E-state index contributed by atoms with van der Waals surface area (Å²) in [6.07, 6.45) is 16.0. The fourth-order valence-corrected chi connectivity index (χ4v) is 7.15. The lowest BCUT2D eigenvalue weighted by atomic mass is 9.81. The Morgan fingerprint density at radius 1 is 0.833 bits per heavy atom. The smallest absolute Gasteiger partial charge is 0.0738 e. The third-order valence-corrected chi connectivity index (χ3v) is 10.5. The molecule has 0 atom stereocenters. The summed E-state index contributed by atoms with van der Waals surface area (Å²) in [7, 11) is 2.13. The zero-order valence-corrected chi connectivity index (χ0v) is 36.2. The number of aryl methyl sites for hydroxylation is 2. The van der Waals surface area contributed by atoms with Crippen LogP contribution in [0.3, 0.4) is 0 Å². The van der Waals surface area contributed by atoms with E-state index in [4.69, 9.17) is 4.98 Å². The fraction of sp³-hybridized carbons (Fsp3) is 0.365. The van der Waals surface area contributed by atoms with Gasteiger partial charge in [-0.15, -0.1) is 13.2 Å². The van der Waals surface area contributed by atoms with Crippen LogP contribution in [-0.4, -0.2) is 9.55 Å². The molecule has 0 bridgehead atoms. The van der Waals surface area contributed by atoms with Gasteiger partial charge in [0.05, 0.1) is 11.4 Å². The second kappa shape index (κ2) is 18.6. The number of hydrogen-bond donors (Lipinski definition) is 0. The molecular weight excluding hydrogens is 653 g/mol. The SMILES string of the molecule is C=C.C=C1/C(=C\C=C(/C)c2cc(C(C)(C)C)cc(/C(C)=C/C=C\C)c2C)CCc2ccc(-c3cc(C(C)(C)C)cc(-c4cccn4C)c3CC)nc21.CC. The Morgan fingerprint density at radius 3 is 1.94 bits per heavy atom. The molecule has 286 valence electrons. The number of pyridine rings is 1. The molecule has 4 aromatic rings. The van der Waals surface area contributed by atoms with E-state index in [9.17, 15) is 0 Å². The van der Waals surface area contributed by atoms with E-state index in [1.54, 1.807) is 0 Å². The molecule has 2 nitrogen and oxygen atoms in total. The van der Waals surface area contributed by atoms with Crippen LogP contribution < -0.4 is 0 Å². The highest BCUT2D eigenvalue weighted by Crippen LogP contribution is 2.40. The van der Waals surface area contributed by atoms with Crippen LogP contribution in [0.2, 0.25) is 0 Å². The van der Waals surface area contributed by atoms with Gasteiger partial charge in [-0.2, -0.15) is 0 Å². The molecular formula is C52H68N2. The average molecular weight is 721 g/mol. The predicted octanol–water partition coefficient (Wildman–Crippen LogP) is 15.0. The van der Waals surface area contributed by atoms with Gasteiger partial charge in [0, 0.05) is 30.1 Å².